The third-order valence-electron chi connectivity index (χ3n) is 6.52. The number of carbonyl (C=O) groups is 1. The molecular weight excluding hydrogens is 458 g/mol. The fourth-order valence-corrected chi connectivity index (χ4v) is 4.46. The summed E-state index contributed by atoms with van der Waals surface area (Å²) in [4.78, 5) is 20.6. The van der Waals surface area contributed by atoms with Gasteiger partial charge in [-0.2, -0.15) is 0 Å². The number of hydrogen-bond acceptors (Lipinski definition) is 6. The molecule has 0 radical (unpaired) electrons. The minimum absolute atomic E-state index is 0.0827. The van der Waals surface area contributed by atoms with Gasteiger partial charge in [0, 0.05) is 35.6 Å². The molecule has 8 heteroatoms. The Labute approximate surface area is 211 Å². The number of aromatic amines is 1. The third-order valence-corrected chi connectivity index (χ3v) is 6.52. The molecule has 2 aromatic carbocycles. The average molecular weight is 494 g/mol. The van der Waals surface area contributed by atoms with Crippen molar-refractivity contribution in [1.29, 1.82) is 0 Å². The Hall–Kier alpha value is -3.01. The molecule has 0 aliphatic carbocycles. The van der Waals surface area contributed by atoms with Crippen LogP contribution >= 0.6 is 0 Å². The van der Waals surface area contributed by atoms with E-state index >= 15 is 0 Å². The Balaban J connectivity index is 1.15. The van der Waals surface area contributed by atoms with Crippen molar-refractivity contribution in [3.05, 3.63) is 83.1 Å². The number of carbonyl (C=O) groups excluding carboxylic acids is 1. The zero-order valence-corrected chi connectivity index (χ0v) is 20.7. The number of para-hydroxylation sites is 1. The fraction of sp³-hybridized carbons (Fsp3) is 0.393. The number of nitrogens with one attached hydrogen (secondary N) is 3. The van der Waals surface area contributed by atoms with Crippen LogP contribution in [-0.4, -0.2) is 52.3 Å². The van der Waals surface area contributed by atoms with Gasteiger partial charge in [0.25, 0.3) is 5.91 Å². The van der Waals surface area contributed by atoms with E-state index in [2.05, 4.69) is 71.2 Å². The number of hydrogen-bond donors (Lipinski definition) is 5. The van der Waals surface area contributed by atoms with Crippen LogP contribution in [0.25, 0.3) is 10.9 Å². The highest BCUT2D eigenvalue weighted by Gasteiger charge is 2.35. The summed E-state index contributed by atoms with van der Waals surface area (Å²) in [5, 5.41) is 24.3. The molecule has 0 saturated carbocycles. The van der Waals surface area contributed by atoms with Crippen molar-refractivity contribution < 1.29 is 24.6 Å². The summed E-state index contributed by atoms with van der Waals surface area (Å²) < 4.78 is 5.40. The summed E-state index contributed by atoms with van der Waals surface area (Å²) >= 11 is 0. The number of ether oxygens (including phenoxy) is 1. The van der Waals surface area contributed by atoms with Gasteiger partial charge in [-0.3, -0.25) is 4.79 Å². The molecule has 1 fully saturated rings. The minimum Gasteiger partial charge on any atom is -0.390 e. The molecule has 4 rings (SSSR count). The van der Waals surface area contributed by atoms with Crippen molar-refractivity contribution in [2.45, 2.75) is 64.3 Å². The number of aliphatic hydroxyl groups excluding tert-OH is 2. The largest absolute Gasteiger partial charge is 0.390 e. The molecule has 1 aromatic heterocycles. The molecule has 36 heavy (non-hydrogen) atoms. The number of fused-ring (bicyclic) bond motifs is 1. The number of aromatic nitrogens is 1. The summed E-state index contributed by atoms with van der Waals surface area (Å²) in [6, 6.07) is 16.7. The van der Waals surface area contributed by atoms with Gasteiger partial charge in [-0.25, -0.2) is 10.3 Å². The molecule has 0 unspecified atom stereocenters. The molecule has 5 N–H and O–H groups in total. The van der Waals surface area contributed by atoms with Gasteiger partial charge in [0.15, 0.2) is 6.29 Å². The number of aliphatic hydroxyl groups is 2. The molecule has 2 heterocycles. The smallest absolute Gasteiger partial charge is 0.267 e. The maximum atomic E-state index is 12.0. The second-order valence-corrected chi connectivity index (χ2v) is 9.27. The third kappa shape index (κ3) is 6.81. The van der Waals surface area contributed by atoms with Crippen LogP contribution in [0.4, 0.5) is 0 Å². The van der Waals surface area contributed by atoms with Crippen LogP contribution in [0, 0.1) is 6.92 Å². The van der Waals surface area contributed by atoms with E-state index in [1.165, 1.54) is 33.8 Å². The number of aryl methyl sites for hydroxylation is 1. The number of hydroxylamine groups is 1. The second kappa shape index (κ2) is 12.3. The number of H-pyrrole nitrogens is 1. The summed E-state index contributed by atoms with van der Waals surface area (Å²) in [6.07, 6.45) is 1.54. The topological polar surface area (TPSA) is 116 Å². The first-order valence-electron chi connectivity index (χ1n) is 12.4. The van der Waals surface area contributed by atoms with Gasteiger partial charge < -0.3 is 25.3 Å². The molecule has 1 aliphatic rings. The van der Waals surface area contributed by atoms with Crippen molar-refractivity contribution in [2.75, 3.05) is 6.54 Å². The zero-order chi connectivity index (χ0) is 25.5. The molecule has 0 spiro atoms. The van der Waals surface area contributed by atoms with Crippen LogP contribution in [0.2, 0.25) is 0 Å². The van der Waals surface area contributed by atoms with E-state index in [1.807, 2.05) is 0 Å². The van der Waals surface area contributed by atoms with Gasteiger partial charge in [0.2, 0.25) is 0 Å². The quantitative estimate of drug-likeness (QED) is 0.169. The predicted octanol–water partition coefficient (Wildman–Crippen LogP) is 2.81. The van der Waals surface area contributed by atoms with Gasteiger partial charge in [-0.05, 0) is 56.0 Å². The highest BCUT2D eigenvalue weighted by atomic mass is 16.8. The van der Waals surface area contributed by atoms with Crippen molar-refractivity contribution in [1.82, 2.24) is 15.8 Å². The lowest BCUT2D eigenvalue weighted by Crippen LogP contribution is -2.49. The first kappa shape index (κ1) is 26.1. The lowest BCUT2D eigenvalue weighted by atomic mass is 10.0. The molecule has 3 aromatic rings. The van der Waals surface area contributed by atoms with Gasteiger partial charge in [0.1, 0.15) is 6.10 Å². The maximum Gasteiger partial charge on any atom is 0.267 e. The molecule has 1 aliphatic heterocycles. The summed E-state index contributed by atoms with van der Waals surface area (Å²) in [6.45, 7) is 5.46. The number of allylic oxidation sites excluding steroid dienone is 1. The van der Waals surface area contributed by atoms with Crippen LogP contribution in [0.15, 0.2) is 60.7 Å². The zero-order valence-electron chi connectivity index (χ0n) is 20.7. The number of benzene rings is 2. The van der Waals surface area contributed by atoms with Crippen molar-refractivity contribution in [3.8, 4) is 0 Å². The van der Waals surface area contributed by atoms with E-state index in [4.69, 9.17) is 9.57 Å². The Morgan fingerprint density at radius 2 is 1.92 bits per heavy atom. The first-order chi connectivity index (χ1) is 17.4. The molecule has 4 atom stereocenters. The van der Waals surface area contributed by atoms with Crippen LogP contribution in [-0.2, 0) is 33.8 Å². The van der Waals surface area contributed by atoms with E-state index in [9.17, 15) is 15.0 Å². The summed E-state index contributed by atoms with van der Waals surface area (Å²) in [5.41, 5.74) is 8.39. The van der Waals surface area contributed by atoms with Crippen molar-refractivity contribution in [2.24, 2.45) is 0 Å². The molecule has 8 nitrogen and oxygen atoms in total. The van der Waals surface area contributed by atoms with E-state index in [-0.39, 0.29) is 6.42 Å². The van der Waals surface area contributed by atoms with Crippen molar-refractivity contribution in [3.63, 3.8) is 0 Å². The second-order valence-electron chi connectivity index (χ2n) is 9.27. The van der Waals surface area contributed by atoms with E-state index in [0.717, 1.165) is 25.1 Å². The molecule has 0 bridgehead atoms. The Morgan fingerprint density at radius 3 is 2.69 bits per heavy atom. The van der Waals surface area contributed by atoms with Crippen molar-refractivity contribution >= 4 is 16.8 Å². The lowest BCUT2D eigenvalue weighted by Gasteiger charge is -2.34. The Morgan fingerprint density at radius 1 is 1.17 bits per heavy atom. The highest BCUT2D eigenvalue weighted by Crippen LogP contribution is 2.22. The van der Waals surface area contributed by atoms with Gasteiger partial charge in [0.05, 0.1) is 12.2 Å². The fourth-order valence-electron chi connectivity index (χ4n) is 4.46. The van der Waals surface area contributed by atoms with E-state index in [1.54, 1.807) is 13.0 Å². The normalized spacial score (nSPS) is 22.3. The number of amides is 1. The van der Waals surface area contributed by atoms with E-state index in [0.29, 0.717) is 6.42 Å². The van der Waals surface area contributed by atoms with Gasteiger partial charge in [-0.1, -0.05) is 48.5 Å². The minimum atomic E-state index is -0.961. The molecule has 1 saturated heterocycles. The average Bonchev–Trinajstić information content (AvgIpc) is 3.19. The van der Waals surface area contributed by atoms with E-state index < -0.39 is 30.5 Å². The predicted molar refractivity (Wildman–Crippen MR) is 138 cm³/mol. The SMILES string of the molecule is Cc1[nH]c2ccccc2c1CCNCc1ccc(C/C=C/C(=O)NO[C@H]2C[C@H](O)[C@H](O)[C@H](C)O2)cc1. The molecule has 192 valence electrons. The van der Waals surface area contributed by atoms with Crippen LogP contribution in [0.1, 0.15) is 35.7 Å². The lowest BCUT2D eigenvalue weighted by molar-refractivity contribution is -0.262. The van der Waals surface area contributed by atoms with Crippen LogP contribution in [0.3, 0.4) is 0 Å². The van der Waals surface area contributed by atoms with Crippen LogP contribution in [0.5, 0.6) is 0 Å². The summed E-state index contributed by atoms with van der Waals surface area (Å²) in [5.74, 6) is -0.418. The maximum absolute atomic E-state index is 12.0. The monoisotopic (exact) mass is 493 g/mol. The standard InChI is InChI=1S/C28H35N3O5/c1-18-22(23-7-3-4-8-24(23)30-18)14-15-29-17-21-12-10-20(11-13-21)6-5-9-26(33)31-36-27-16-25(32)28(34)19(2)35-27/h3-5,7-13,19,25,27-30,32,34H,6,14-17H2,1-2H3,(H,31,33)/b9-5+/t19-,25-,27-,28+/m0/s1. The van der Waals surface area contributed by atoms with Crippen LogP contribution < -0.4 is 10.8 Å². The molecule has 1 amide bonds. The Bertz CT molecular complexity index is 1160. The van der Waals surface area contributed by atoms with Gasteiger partial charge in [-0.15, -0.1) is 0 Å². The Kier molecular flexibility index (Phi) is 8.90. The van der Waals surface area contributed by atoms with Gasteiger partial charge >= 0.3 is 0 Å². The highest BCUT2D eigenvalue weighted by molar-refractivity contribution is 5.86. The first-order valence-corrected chi connectivity index (χ1v) is 12.4. The molecular formula is C28H35N3O5. The number of rotatable bonds is 10. The summed E-state index contributed by atoms with van der Waals surface area (Å²) in [7, 11) is 0.